The third-order valence-electron chi connectivity index (χ3n) is 3.58. The van der Waals surface area contributed by atoms with Gasteiger partial charge in [-0.25, -0.2) is 4.79 Å². The topological polar surface area (TPSA) is 75.4 Å². The fourth-order valence-electron chi connectivity index (χ4n) is 2.32. The molecule has 120 valence electrons. The summed E-state index contributed by atoms with van der Waals surface area (Å²) < 4.78 is 37.8. The van der Waals surface area contributed by atoms with Crippen LogP contribution in [0.3, 0.4) is 0 Å². The number of rotatable bonds is 3. The molecular formula is C14H16F3N3O2. The number of likely N-dealkylation sites (tertiary alicyclic amines) is 1. The Morgan fingerprint density at radius 1 is 1.36 bits per heavy atom. The SMILES string of the molecule is NC(=O)[C@@H]1CCN(C(=O)NCc2cccc(C(F)(F)F)c2)C1. The van der Waals surface area contributed by atoms with E-state index in [0.29, 0.717) is 18.5 Å². The molecular weight excluding hydrogens is 299 g/mol. The Bertz CT molecular complexity index is 575. The summed E-state index contributed by atoms with van der Waals surface area (Å²) in [5.74, 6) is -0.813. The molecule has 1 fully saturated rings. The van der Waals surface area contributed by atoms with E-state index in [2.05, 4.69) is 5.32 Å². The van der Waals surface area contributed by atoms with Crippen LogP contribution in [-0.2, 0) is 17.5 Å². The van der Waals surface area contributed by atoms with Gasteiger partial charge >= 0.3 is 12.2 Å². The van der Waals surface area contributed by atoms with Crippen molar-refractivity contribution in [3.05, 3.63) is 35.4 Å². The van der Waals surface area contributed by atoms with Crippen LogP contribution < -0.4 is 11.1 Å². The lowest BCUT2D eigenvalue weighted by atomic mass is 10.1. The minimum atomic E-state index is -4.41. The highest BCUT2D eigenvalue weighted by molar-refractivity contribution is 5.80. The van der Waals surface area contributed by atoms with Gasteiger partial charge in [0.15, 0.2) is 0 Å². The highest BCUT2D eigenvalue weighted by Gasteiger charge is 2.31. The summed E-state index contributed by atoms with van der Waals surface area (Å²) in [4.78, 5) is 24.4. The molecule has 0 aliphatic carbocycles. The minimum absolute atomic E-state index is 0.0134. The van der Waals surface area contributed by atoms with Gasteiger partial charge in [0.2, 0.25) is 5.91 Å². The first-order valence-electron chi connectivity index (χ1n) is 6.75. The first-order chi connectivity index (χ1) is 10.3. The number of nitrogens with one attached hydrogen (secondary N) is 1. The third kappa shape index (κ3) is 3.90. The van der Waals surface area contributed by atoms with E-state index in [-0.39, 0.29) is 19.0 Å². The van der Waals surface area contributed by atoms with Gasteiger partial charge in [0.1, 0.15) is 0 Å². The number of hydrogen-bond donors (Lipinski definition) is 2. The molecule has 5 nitrogen and oxygen atoms in total. The Kier molecular flexibility index (Phi) is 4.58. The summed E-state index contributed by atoms with van der Waals surface area (Å²) >= 11 is 0. The van der Waals surface area contributed by atoms with Crippen LogP contribution in [0.5, 0.6) is 0 Å². The zero-order chi connectivity index (χ0) is 16.3. The van der Waals surface area contributed by atoms with Crippen molar-refractivity contribution in [3.8, 4) is 0 Å². The molecule has 22 heavy (non-hydrogen) atoms. The number of amides is 3. The van der Waals surface area contributed by atoms with Crippen molar-refractivity contribution in [2.75, 3.05) is 13.1 Å². The van der Waals surface area contributed by atoms with Gasteiger partial charge in [-0.05, 0) is 24.1 Å². The molecule has 1 aromatic carbocycles. The number of carbonyl (C=O) groups is 2. The molecule has 8 heteroatoms. The minimum Gasteiger partial charge on any atom is -0.369 e. The number of nitrogens with two attached hydrogens (primary N) is 1. The maximum absolute atomic E-state index is 12.6. The van der Waals surface area contributed by atoms with Crippen LogP contribution in [0.25, 0.3) is 0 Å². The number of alkyl halides is 3. The number of hydrogen-bond acceptors (Lipinski definition) is 2. The predicted octanol–water partition coefficient (Wildman–Crippen LogP) is 1.72. The molecule has 1 aromatic rings. The maximum Gasteiger partial charge on any atom is 0.416 e. The van der Waals surface area contributed by atoms with Gasteiger partial charge in [-0.3, -0.25) is 4.79 Å². The monoisotopic (exact) mass is 315 g/mol. The van der Waals surface area contributed by atoms with Crippen LogP contribution in [0.15, 0.2) is 24.3 Å². The van der Waals surface area contributed by atoms with E-state index >= 15 is 0 Å². The van der Waals surface area contributed by atoms with Gasteiger partial charge in [0.25, 0.3) is 0 Å². The summed E-state index contributed by atoms with van der Waals surface area (Å²) in [6.45, 7) is 0.631. The van der Waals surface area contributed by atoms with Gasteiger partial charge in [-0.15, -0.1) is 0 Å². The number of halogens is 3. The molecule has 0 radical (unpaired) electrons. The van der Waals surface area contributed by atoms with Crippen molar-refractivity contribution in [1.82, 2.24) is 10.2 Å². The standard InChI is InChI=1S/C14H16F3N3O2/c15-14(16,17)11-3-1-2-9(6-11)7-19-13(22)20-5-4-10(8-20)12(18)21/h1-3,6,10H,4-5,7-8H2,(H2,18,21)(H,19,22)/t10-/m1/s1. The second kappa shape index (κ2) is 6.25. The Balaban J connectivity index is 1.91. The quantitative estimate of drug-likeness (QED) is 0.891. The van der Waals surface area contributed by atoms with E-state index < -0.39 is 23.7 Å². The number of carbonyl (C=O) groups excluding carboxylic acids is 2. The Morgan fingerprint density at radius 2 is 2.09 bits per heavy atom. The summed E-state index contributed by atoms with van der Waals surface area (Å²) in [5, 5.41) is 2.55. The first kappa shape index (κ1) is 16.1. The van der Waals surface area contributed by atoms with E-state index in [4.69, 9.17) is 5.73 Å². The zero-order valence-electron chi connectivity index (χ0n) is 11.7. The van der Waals surface area contributed by atoms with Crippen LogP contribution in [0, 0.1) is 5.92 Å². The van der Waals surface area contributed by atoms with Crippen LogP contribution >= 0.6 is 0 Å². The van der Waals surface area contributed by atoms with E-state index in [1.807, 2.05) is 0 Å². The summed E-state index contributed by atoms with van der Waals surface area (Å²) in [7, 11) is 0. The average Bonchev–Trinajstić information content (AvgIpc) is 2.94. The van der Waals surface area contributed by atoms with Crippen molar-refractivity contribution in [1.29, 1.82) is 0 Å². The predicted molar refractivity (Wildman–Crippen MR) is 72.6 cm³/mol. The zero-order valence-corrected chi connectivity index (χ0v) is 11.7. The van der Waals surface area contributed by atoms with Crippen molar-refractivity contribution in [2.45, 2.75) is 19.1 Å². The van der Waals surface area contributed by atoms with Crippen molar-refractivity contribution in [3.63, 3.8) is 0 Å². The van der Waals surface area contributed by atoms with E-state index in [1.54, 1.807) is 0 Å². The van der Waals surface area contributed by atoms with E-state index in [1.165, 1.54) is 17.0 Å². The molecule has 3 N–H and O–H groups in total. The van der Waals surface area contributed by atoms with Crippen molar-refractivity contribution in [2.24, 2.45) is 11.7 Å². The van der Waals surface area contributed by atoms with Gasteiger partial charge < -0.3 is 16.0 Å². The van der Waals surface area contributed by atoms with Crippen LogP contribution in [0.1, 0.15) is 17.5 Å². The molecule has 1 saturated heterocycles. The highest BCUT2D eigenvalue weighted by atomic mass is 19.4. The smallest absolute Gasteiger partial charge is 0.369 e. The van der Waals surface area contributed by atoms with E-state index in [9.17, 15) is 22.8 Å². The molecule has 0 spiro atoms. The van der Waals surface area contributed by atoms with Gasteiger partial charge in [-0.1, -0.05) is 12.1 Å². The number of nitrogens with zero attached hydrogens (tertiary/aromatic N) is 1. The van der Waals surface area contributed by atoms with Crippen molar-refractivity contribution >= 4 is 11.9 Å². The van der Waals surface area contributed by atoms with Crippen LogP contribution in [-0.4, -0.2) is 29.9 Å². The van der Waals surface area contributed by atoms with Crippen LogP contribution in [0.2, 0.25) is 0 Å². The largest absolute Gasteiger partial charge is 0.416 e. The molecule has 0 aromatic heterocycles. The molecule has 1 aliphatic rings. The Hall–Kier alpha value is -2.25. The maximum atomic E-state index is 12.6. The number of urea groups is 1. The summed E-state index contributed by atoms with van der Waals surface area (Å²) in [6, 6.07) is 4.36. The number of benzene rings is 1. The number of primary amides is 1. The normalized spacial score (nSPS) is 18.3. The summed E-state index contributed by atoms with van der Waals surface area (Å²) in [6.07, 6.45) is -3.91. The van der Waals surface area contributed by atoms with Gasteiger partial charge in [-0.2, -0.15) is 13.2 Å². The van der Waals surface area contributed by atoms with Crippen LogP contribution in [0.4, 0.5) is 18.0 Å². The van der Waals surface area contributed by atoms with Crippen molar-refractivity contribution < 1.29 is 22.8 Å². The lowest BCUT2D eigenvalue weighted by Crippen LogP contribution is -2.39. The van der Waals surface area contributed by atoms with Gasteiger partial charge in [0.05, 0.1) is 11.5 Å². The third-order valence-corrected chi connectivity index (χ3v) is 3.58. The molecule has 0 unspecified atom stereocenters. The molecule has 1 heterocycles. The summed E-state index contributed by atoms with van der Waals surface area (Å²) in [5.41, 5.74) is 4.78. The first-order valence-corrected chi connectivity index (χ1v) is 6.75. The second-order valence-corrected chi connectivity index (χ2v) is 5.19. The highest BCUT2D eigenvalue weighted by Crippen LogP contribution is 2.29. The average molecular weight is 315 g/mol. The van der Waals surface area contributed by atoms with E-state index in [0.717, 1.165) is 12.1 Å². The molecule has 1 atom stereocenters. The second-order valence-electron chi connectivity index (χ2n) is 5.19. The lowest BCUT2D eigenvalue weighted by Gasteiger charge is -2.17. The molecule has 0 bridgehead atoms. The Morgan fingerprint density at radius 3 is 2.68 bits per heavy atom. The molecule has 0 saturated carbocycles. The van der Waals surface area contributed by atoms with Gasteiger partial charge in [0, 0.05) is 19.6 Å². The molecule has 3 amide bonds. The Labute approximate surface area is 125 Å². The fourth-order valence-corrected chi connectivity index (χ4v) is 2.32. The molecule has 1 aliphatic heterocycles. The molecule has 2 rings (SSSR count). The fraction of sp³-hybridized carbons (Fsp3) is 0.429. The lowest BCUT2D eigenvalue weighted by molar-refractivity contribution is -0.137.